The van der Waals surface area contributed by atoms with Gasteiger partial charge in [-0.05, 0) is 46.2 Å². The Labute approximate surface area is 224 Å². The lowest BCUT2D eigenvalue weighted by Crippen LogP contribution is -2.43. The predicted octanol–water partition coefficient (Wildman–Crippen LogP) is 3.36. The summed E-state index contributed by atoms with van der Waals surface area (Å²) in [6, 6.07) is 1.66. The van der Waals surface area contributed by atoms with Crippen LogP contribution in [-0.2, 0) is 7.05 Å². The quantitative estimate of drug-likeness (QED) is 0.354. The van der Waals surface area contributed by atoms with Crippen LogP contribution in [0.3, 0.4) is 0 Å². The smallest absolute Gasteiger partial charge is 0.260 e. The molecule has 11 nitrogen and oxygen atoms in total. The molecule has 12 heteroatoms. The van der Waals surface area contributed by atoms with Gasteiger partial charge in [-0.3, -0.25) is 24.2 Å². The molecule has 0 bridgehead atoms. The van der Waals surface area contributed by atoms with Crippen molar-refractivity contribution in [1.29, 1.82) is 0 Å². The first kappa shape index (κ1) is 25.9. The lowest BCUT2D eigenvalue weighted by atomic mass is 10.0. The number of ether oxygens (including phenoxy) is 1. The zero-order valence-corrected chi connectivity index (χ0v) is 23.1. The minimum atomic E-state index is -0.328. The SMILES string of the molecule is COc1nn(C)cc1-c1cn2ncc(C(=O)Nc3cc(C(=O)NCCN4CCCC4(C)C)cnc3C)c2s1. The molecule has 5 rings (SSSR count). The zero-order valence-electron chi connectivity index (χ0n) is 22.2. The number of carbonyl (C=O) groups excluding carboxylic acids is 2. The molecule has 4 aromatic heterocycles. The van der Waals surface area contributed by atoms with E-state index < -0.39 is 0 Å². The second-order valence-electron chi connectivity index (χ2n) is 10.1. The molecule has 2 N–H and O–H groups in total. The standard InChI is InChI=1S/C26H32N8O3S/c1-16-20(11-17(12-28-16)22(35)27-8-10-33-9-6-7-26(33,2)3)30-23(36)18-13-29-34-15-21(38-25(18)34)19-14-32(4)31-24(19)37-5/h11-15H,6-10H2,1-5H3,(H,27,35)(H,30,36). The van der Waals surface area contributed by atoms with Gasteiger partial charge in [0.15, 0.2) is 0 Å². The molecule has 38 heavy (non-hydrogen) atoms. The van der Waals surface area contributed by atoms with Crippen LogP contribution in [0.2, 0.25) is 0 Å². The number of likely N-dealkylation sites (tertiary alicyclic amines) is 1. The maximum atomic E-state index is 13.2. The molecule has 2 amide bonds. The van der Waals surface area contributed by atoms with Crippen molar-refractivity contribution in [3.05, 3.63) is 47.7 Å². The van der Waals surface area contributed by atoms with E-state index in [1.807, 2.05) is 19.4 Å². The number of hydrogen-bond acceptors (Lipinski definition) is 8. The minimum absolute atomic E-state index is 0.167. The van der Waals surface area contributed by atoms with Crippen molar-refractivity contribution in [2.45, 2.75) is 39.2 Å². The molecular formula is C26H32N8O3S. The van der Waals surface area contributed by atoms with Gasteiger partial charge in [-0.1, -0.05) is 0 Å². The molecule has 0 aromatic carbocycles. The molecule has 0 spiro atoms. The summed E-state index contributed by atoms with van der Waals surface area (Å²) in [6.07, 6.45) is 9.12. The highest BCUT2D eigenvalue weighted by Gasteiger charge is 2.31. The highest BCUT2D eigenvalue weighted by atomic mass is 32.1. The Bertz CT molecular complexity index is 1500. The third-order valence-electron chi connectivity index (χ3n) is 7.03. The maximum Gasteiger partial charge on any atom is 0.260 e. The van der Waals surface area contributed by atoms with Crippen LogP contribution in [0.25, 0.3) is 15.3 Å². The summed E-state index contributed by atoms with van der Waals surface area (Å²) < 4.78 is 8.72. The van der Waals surface area contributed by atoms with Gasteiger partial charge in [0.25, 0.3) is 11.8 Å². The van der Waals surface area contributed by atoms with Crippen LogP contribution in [0.4, 0.5) is 5.69 Å². The Kier molecular flexibility index (Phi) is 6.93. The molecule has 0 unspecified atom stereocenters. The molecule has 4 aromatic rings. The Morgan fingerprint density at radius 3 is 2.76 bits per heavy atom. The van der Waals surface area contributed by atoms with Crippen LogP contribution in [0.15, 0.2) is 30.9 Å². The van der Waals surface area contributed by atoms with Gasteiger partial charge in [-0.25, -0.2) is 4.52 Å². The summed E-state index contributed by atoms with van der Waals surface area (Å²) in [6.45, 7) is 8.67. The fourth-order valence-electron chi connectivity index (χ4n) is 4.81. The largest absolute Gasteiger partial charge is 0.479 e. The summed E-state index contributed by atoms with van der Waals surface area (Å²) in [7, 11) is 3.39. The summed E-state index contributed by atoms with van der Waals surface area (Å²) in [4.78, 5) is 34.4. The van der Waals surface area contributed by atoms with Crippen molar-refractivity contribution >= 4 is 33.7 Å². The third-order valence-corrected chi connectivity index (χ3v) is 8.18. The van der Waals surface area contributed by atoms with Crippen LogP contribution >= 0.6 is 11.3 Å². The minimum Gasteiger partial charge on any atom is -0.479 e. The van der Waals surface area contributed by atoms with E-state index in [-0.39, 0.29) is 17.4 Å². The lowest BCUT2D eigenvalue weighted by Gasteiger charge is -2.31. The number of methoxy groups -OCH3 is 1. The van der Waals surface area contributed by atoms with Crippen molar-refractivity contribution in [3.63, 3.8) is 0 Å². The number of nitrogens with one attached hydrogen (secondary N) is 2. The number of thiazole rings is 1. The molecule has 0 aliphatic carbocycles. The molecular weight excluding hydrogens is 504 g/mol. The molecule has 1 aliphatic rings. The fourth-order valence-corrected chi connectivity index (χ4v) is 5.87. The van der Waals surface area contributed by atoms with E-state index in [1.165, 1.54) is 36.6 Å². The molecule has 0 atom stereocenters. The highest BCUT2D eigenvalue weighted by Crippen LogP contribution is 2.35. The van der Waals surface area contributed by atoms with Crippen molar-refractivity contribution in [3.8, 4) is 16.3 Å². The van der Waals surface area contributed by atoms with E-state index in [2.05, 4.69) is 44.6 Å². The Balaban J connectivity index is 1.29. The first-order valence-corrected chi connectivity index (χ1v) is 13.3. The van der Waals surface area contributed by atoms with E-state index in [9.17, 15) is 9.59 Å². The predicted molar refractivity (Wildman–Crippen MR) is 146 cm³/mol. The summed E-state index contributed by atoms with van der Waals surface area (Å²) in [5, 5.41) is 14.5. The number of amides is 2. The highest BCUT2D eigenvalue weighted by molar-refractivity contribution is 7.21. The first-order valence-electron chi connectivity index (χ1n) is 12.5. The van der Waals surface area contributed by atoms with Crippen LogP contribution in [-0.4, -0.2) is 73.4 Å². The number of anilines is 1. The fraction of sp³-hybridized carbons (Fsp3) is 0.423. The second kappa shape index (κ2) is 10.2. The zero-order chi connectivity index (χ0) is 27.0. The Morgan fingerprint density at radius 1 is 1.21 bits per heavy atom. The number of pyridine rings is 1. The number of rotatable bonds is 8. The van der Waals surface area contributed by atoms with Gasteiger partial charge in [-0.15, -0.1) is 16.4 Å². The van der Waals surface area contributed by atoms with Crippen LogP contribution in [0.5, 0.6) is 5.88 Å². The second-order valence-corrected chi connectivity index (χ2v) is 11.1. The van der Waals surface area contributed by atoms with Gasteiger partial charge in [0.2, 0.25) is 5.88 Å². The molecule has 1 saturated heterocycles. The number of aromatic nitrogens is 5. The average Bonchev–Trinajstić information content (AvgIpc) is 3.63. The molecule has 1 aliphatic heterocycles. The number of carbonyl (C=O) groups is 2. The van der Waals surface area contributed by atoms with Gasteiger partial charge in [-0.2, -0.15) is 5.10 Å². The van der Waals surface area contributed by atoms with Gasteiger partial charge >= 0.3 is 0 Å². The van der Waals surface area contributed by atoms with Crippen molar-refractivity contribution in [2.75, 3.05) is 32.1 Å². The van der Waals surface area contributed by atoms with Crippen LogP contribution < -0.4 is 15.4 Å². The van der Waals surface area contributed by atoms with E-state index in [0.717, 1.165) is 23.5 Å². The maximum absolute atomic E-state index is 13.2. The number of nitrogens with zero attached hydrogens (tertiary/aromatic N) is 6. The first-order chi connectivity index (χ1) is 18.2. The van der Waals surface area contributed by atoms with Gasteiger partial charge < -0.3 is 15.4 Å². The Hall–Kier alpha value is -3.77. The van der Waals surface area contributed by atoms with Crippen molar-refractivity contribution in [2.24, 2.45) is 7.05 Å². The van der Waals surface area contributed by atoms with E-state index in [4.69, 9.17) is 4.74 Å². The van der Waals surface area contributed by atoms with Crippen LogP contribution in [0, 0.1) is 6.92 Å². The topological polar surface area (TPSA) is 119 Å². The molecule has 5 heterocycles. The van der Waals surface area contributed by atoms with Gasteiger partial charge in [0, 0.05) is 44.3 Å². The normalized spacial score (nSPS) is 15.2. The van der Waals surface area contributed by atoms with Gasteiger partial charge in [0.05, 0.1) is 46.3 Å². The summed E-state index contributed by atoms with van der Waals surface area (Å²) >= 11 is 1.42. The average molecular weight is 537 g/mol. The summed E-state index contributed by atoms with van der Waals surface area (Å²) in [5.41, 5.74) is 2.90. The Morgan fingerprint density at radius 2 is 2.03 bits per heavy atom. The molecule has 1 fully saturated rings. The van der Waals surface area contributed by atoms with Crippen LogP contribution in [0.1, 0.15) is 53.1 Å². The van der Waals surface area contributed by atoms with E-state index in [0.29, 0.717) is 39.8 Å². The van der Waals surface area contributed by atoms with E-state index in [1.54, 1.807) is 29.3 Å². The number of fused-ring (bicyclic) bond motifs is 1. The van der Waals surface area contributed by atoms with Gasteiger partial charge in [0.1, 0.15) is 4.83 Å². The number of aryl methyl sites for hydroxylation is 2. The summed E-state index contributed by atoms with van der Waals surface area (Å²) in [5.74, 6) is -0.0412. The van der Waals surface area contributed by atoms with Crippen molar-refractivity contribution in [1.82, 2.24) is 34.6 Å². The monoisotopic (exact) mass is 536 g/mol. The molecule has 0 saturated carbocycles. The molecule has 0 radical (unpaired) electrons. The lowest BCUT2D eigenvalue weighted by molar-refractivity contribution is 0.0938. The van der Waals surface area contributed by atoms with E-state index >= 15 is 0 Å². The van der Waals surface area contributed by atoms with Crippen molar-refractivity contribution < 1.29 is 14.3 Å². The third kappa shape index (κ3) is 5.01. The number of hydrogen-bond donors (Lipinski definition) is 2. The molecule has 200 valence electrons.